The zero-order chi connectivity index (χ0) is 12.0. The molecule has 1 unspecified atom stereocenters. The average Bonchev–Trinajstić information content (AvgIpc) is 2.28. The number of nitrogens with one attached hydrogen (secondary N) is 1. The van der Waals surface area contributed by atoms with Crippen LogP contribution in [0, 0.1) is 18.3 Å². The molecule has 3 nitrogen and oxygen atoms in total. The van der Waals surface area contributed by atoms with E-state index in [1.807, 2.05) is 18.7 Å². The molecular formula is C12H17N3S. The summed E-state index contributed by atoms with van der Waals surface area (Å²) in [4.78, 5) is 4.34. The molecule has 0 aromatic carbocycles. The van der Waals surface area contributed by atoms with Crippen LogP contribution in [0.15, 0.2) is 12.1 Å². The van der Waals surface area contributed by atoms with Crippen LogP contribution in [0.1, 0.15) is 24.6 Å². The zero-order valence-electron chi connectivity index (χ0n) is 9.95. The monoisotopic (exact) mass is 235 g/mol. The van der Waals surface area contributed by atoms with E-state index in [1.54, 1.807) is 12.1 Å². The van der Waals surface area contributed by atoms with Gasteiger partial charge in [-0.15, -0.1) is 0 Å². The fourth-order valence-corrected chi connectivity index (χ4v) is 1.70. The molecule has 1 aromatic rings. The van der Waals surface area contributed by atoms with Crippen molar-refractivity contribution in [1.82, 2.24) is 4.98 Å². The first-order valence-electron chi connectivity index (χ1n) is 5.31. The van der Waals surface area contributed by atoms with Crippen LogP contribution in [0.2, 0.25) is 0 Å². The van der Waals surface area contributed by atoms with Gasteiger partial charge in [0.2, 0.25) is 0 Å². The Labute approximate surface area is 101 Å². The van der Waals surface area contributed by atoms with Crippen LogP contribution in [0.3, 0.4) is 0 Å². The number of hydrogen-bond acceptors (Lipinski definition) is 4. The lowest BCUT2D eigenvalue weighted by Gasteiger charge is -2.10. The van der Waals surface area contributed by atoms with Crippen molar-refractivity contribution >= 4 is 17.6 Å². The first-order valence-corrected chi connectivity index (χ1v) is 6.60. The summed E-state index contributed by atoms with van der Waals surface area (Å²) >= 11 is 1.86. The number of rotatable bonds is 5. The molecule has 0 amide bonds. The lowest BCUT2D eigenvalue weighted by Crippen LogP contribution is -2.09. The van der Waals surface area contributed by atoms with Crippen molar-refractivity contribution < 1.29 is 0 Å². The molecule has 0 spiro atoms. The van der Waals surface area contributed by atoms with Crippen molar-refractivity contribution in [2.45, 2.75) is 25.5 Å². The minimum absolute atomic E-state index is 0.646. The molecule has 0 bridgehead atoms. The topological polar surface area (TPSA) is 48.7 Å². The third kappa shape index (κ3) is 4.11. The number of anilines is 1. The van der Waals surface area contributed by atoms with Gasteiger partial charge in [-0.05, 0) is 31.7 Å². The molecular weight excluding hydrogens is 218 g/mol. The smallest absolute Gasteiger partial charge is 0.127 e. The highest BCUT2D eigenvalue weighted by atomic mass is 32.2. The van der Waals surface area contributed by atoms with E-state index < -0.39 is 0 Å². The number of nitrogens with zero attached hydrogens (tertiary/aromatic N) is 2. The summed E-state index contributed by atoms with van der Waals surface area (Å²) in [6.07, 6.45) is 3.21. The Kier molecular flexibility index (Phi) is 5.13. The van der Waals surface area contributed by atoms with Gasteiger partial charge in [0.15, 0.2) is 0 Å². The van der Waals surface area contributed by atoms with Crippen molar-refractivity contribution in [3.63, 3.8) is 0 Å². The van der Waals surface area contributed by atoms with Gasteiger partial charge in [0.25, 0.3) is 0 Å². The van der Waals surface area contributed by atoms with Gasteiger partial charge in [0.1, 0.15) is 5.82 Å². The molecule has 0 fully saturated rings. The summed E-state index contributed by atoms with van der Waals surface area (Å²) in [7, 11) is 0. The quantitative estimate of drug-likeness (QED) is 0.852. The Morgan fingerprint density at radius 3 is 2.94 bits per heavy atom. The van der Waals surface area contributed by atoms with Gasteiger partial charge in [0.05, 0.1) is 11.6 Å². The molecule has 1 atom stereocenters. The Morgan fingerprint density at radius 2 is 2.31 bits per heavy atom. The Morgan fingerprint density at radius 1 is 1.56 bits per heavy atom. The zero-order valence-corrected chi connectivity index (χ0v) is 10.8. The molecule has 4 heteroatoms. The second kappa shape index (κ2) is 6.39. The number of hydrogen-bond donors (Lipinski definition) is 1. The minimum atomic E-state index is 0.646. The second-order valence-corrected chi connectivity index (χ2v) is 5.03. The molecule has 0 saturated heterocycles. The number of aromatic nitrogens is 1. The number of thioether (sulfide) groups is 1. The first kappa shape index (κ1) is 12.9. The number of nitriles is 1. The fraction of sp³-hybridized carbons (Fsp3) is 0.500. The van der Waals surface area contributed by atoms with Gasteiger partial charge in [-0.1, -0.05) is 6.92 Å². The maximum atomic E-state index is 8.83. The van der Waals surface area contributed by atoms with Gasteiger partial charge in [-0.2, -0.15) is 17.0 Å². The van der Waals surface area contributed by atoms with Crippen LogP contribution in [0.4, 0.5) is 5.82 Å². The van der Waals surface area contributed by atoms with Crippen molar-refractivity contribution in [2.24, 2.45) is 0 Å². The van der Waals surface area contributed by atoms with E-state index in [9.17, 15) is 0 Å². The third-order valence-corrected chi connectivity index (χ3v) is 3.38. The second-order valence-electron chi connectivity index (χ2n) is 3.76. The van der Waals surface area contributed by atoms with Crippen molar-refractivity contribution in [3.05, 3.63) is 23.4 Å². The Balaban J connectivity index is 2.54. The number of pyridine rings is 1. The molecule has 1 aromatic heterocycles. The summed E-state index contributed by atoms with van der Waals surface area (Å²) in [6.45, 7) is 5.00. The van der Waals surface area contributed by atoms with Crippen LogP contribution in [0.25, 0.3) is 0 Å². The van der Waals surface area contributed by atoms with Gasteiger partial charge in [0, 0.05) is 17.5 Å². The van der Waals surface area contributed by atoms with Crippen LogP contribution in [0.5, 0.6) is 0 Å². The van der Waals surface area contributed by atoms with Crippen molar-refractivity contribution in [1.29, 1.82) is 5.26 Å². The largest absolute Gasteiger partial charge is 0.370 e. The van der Waals surface area contributed by atoms with E-state index in [2.05, 4.69) is 29.5 Å². The molecule has 0 saturated carbocycles. The molecule has 86 valence electrons. The lowest BCUT2D eigenvalue weighted by atomic mass is 10.2. The van der Waals surface area contributed by atoms with Gasteiger partial charge < -0.3 is 5.32 Å². The van der Waals surface area contributed by atoms with Crippen LogP contribution < -0.4 is 5.32 Å². The normalized spacial score (nSPS) is 11.9. The molecule has 0 aliphatic heterocycles. The minimum Gasteiger partial charge on any atom is -0.370 e. The Hall–Kier alpha value is -1.21. The van der Waals surface area contributed by atoms with E-state index in [0.717, 1.165) is 24.5 Å². The predicted molar refractivity (Wildman–Crippen MR) is 69.8 cm³/mol. The van der Waals surface area contributed by atoms with Crippen LogP contribution in [-0.2, 0) is 0 Å². The summed E-state index contributed by atoms with van der Waals surface area (Å²) in [6, 6.07) is 5.71. The molecule has 0 aliphatic rings. The average molecular weight is 235 g/mol. The number of aryl methyl sites for hydroxylation is 1. The standard InChI is InChI=1S/C12H17N3S/c1-9-6-11(8-13)7-12(15-9)14-5-4-10(2)16-3/h6-7,10H,4-5H2,1-3H3,(H,14,15). The van der Waals surface area contributed by atoms with Crippen molar-refractivity contribution in [3.8, 4) is 6.07 Å². The van der Waals surface area contributed by atoms with Crippen LogP contribution in [-0.4, -0.2) is 23.0 Å². The maximum Gasteiger partial charge on any atom is 0.127 e. The van der Waals surface area contributed by atoms with E-state index in [1.165, 1.54) is 0 Å². The lowest BCUT2D eigenvalue weighted by molar-refractivity contribution is 0.849. The Bertz CT molecular complexity index is 384. The van der Waals surface area contributed by atoms with E-state index in [4.69, 9.17) is 5.26 Å². The summed E-state index contributed by atoms with van der Waals surface area (Å²) in [5.41, 5.74) is 1.53. The highest BCUT2D eigenvalue weighted by molar-refractivity contribution is 7.99. The molecule has 1 heterocycles. The predicted octanol–water partition coefficient (Wildman–Crippen LogP) is 2.82. The molecule has 1 rings (SSSR count). The SMILES string of the molecule is CSC(C)CCNc1cc(C#N)cc(C)n1. The molecule has 0 radical (unpaired) electrons. The summed E-state index contributed by atoms with van der Waals surface area (Å²) in [5.74, 6) is 0.796. The molecule has 16 heavy (non-hydrogen) atoms. The van der Waals surface area contributed by atoms with E-state index in [0.29, 0.717) is 10.8 Å². The van der Waals surface area contributed by atoms with Gasteiger partial charge in [-0.3, -0.25) is 0 Å². The fourth-order valence-electron chi connectivity index (χ4n) is 1.35. The summed E-state index contributed by atoms with van der Waals surface area (Å²) < 4.78 is 0. The third-order valence-electron chi connectivity index (χ3n) is 2.34. The molecule has 1 N–H and O–H groups in total. The first-order chi connectivity index (χ1) is 7.65. The molecule has 0 aliphatic carbocycles. The van der Waals surface area contributed by atoms with E-state index >= 15 is 0 Å². The highest BCUT2D eigenvalue weighted by Gasteiger charge is 2.01. The maximum absolute atomic E-state index is 8.83. The van der Waals surface area contributed by atoms with Crippen molar-refractivity contribution in [2.75, 3.05) is 18.1 Å². The van der Waals surface area contributed by atoms with Crippen LogP contribution >= 0.6 is 11.8 Å². The van der Waals surface area contributed by atoms with E-state index in [-0.39, 0.29) is 0 Å². The van der Waals surface area contributed by atoms with Gasteiger partial charge >= 0.3 is 0 Å². The summed E-state index contributed by atoms with van der Waals surface area (Å²) in [5, 5.41) is 12.7. The van der Waals surface area contributed by atoms with Gasteiger partial charge in [-0.25, -0.2) is 4.98 Å². The highest BCUT2D eigenvalue weighted by Crippen LogP contribution is 2.12.